The molecule has 0 fully saturated rings. The zero-order valence-corrected chi connectivity index (χ0v) is 17.3. The number of carbonyl (C=O) groups excluding carboxylic acids is 2. The summed E-state index contributed by atoms with van der Waals surface area (Å²) < 4.78 is 0. The van der Waals surface area contributed by atoms with Crippen LogP contribution in [-0.4, -0.2) is 60.3 Å². The first kappa shape index (κ1) is 21.2. The third kappa shape index (κ3) is 2.96. The maximum Gasteiger partial charge on any atom is 0.205 e. The van der Waals surface area contributed by atoms with Crippen molar-refractivity contribution in [3.05, 3.63) is 32.1 Å². The van der Waals surface area contributed by atoms with Crippen molar-refractivity contribution in [3.63, 3.8) is 0 Å². The largest absolute Gasteiger partial charge is 0.507 e. The number of allylic oxidation sites excluding steroid dienone is 2. The van der Waals surface area contributed by atoms with Crippen molar-refractivity contribution in [1.29, 1.82) is 0 Å². The van der Waals surface area contributed by atoms with Crippen LogP contribution in [0, 0.1) is 0 Å². The topological polar surface area (TPSA) is 135 Å². The Hall–Kier alpha value is -1.52. The summed E-state index contributed by atoms with van der Waals surface area (Å²) in [6.45, 7) is 4.94. The molecule has 0 amide bonds. The zero-order chi connectivity index (χ0) is 21.0. The van der Waals surface area contributed by atoms with Crippen LogP contribution in [0.4, 0.5) is 0 Å². The third-order valence-electron chi connectivity index (χ3n) is 5.01. The molecule has 3 unspecified atom stereocenters. The predicted octanol–water partition coefficient (Wildman–Crippen LogP) is 1.90. The summed E-state index contributed by atoms with van der Waals surface area (Å²) in [5.74, 6) is -1.31. The van der Waals surface area contributed by atoms with Gasteiger partial charge in [0.15, 0.2) is 0 Å². The molecule has 3 atom stereocenters. The second-order valence-corrected chi connectivity index (χ2v) is 9.49. The second kappa shape index (κ2) is 7.38. The molecule has 0 radical (unpaired) electrons. The van der Waals surface area contributed by atoms with E-state index in [-0.39, 0.29) is 38.5 Å². The molecule has 2 aliphatic rings. The first-order valence-electron chi connectivity index (χ1n) is 8.86. The number of thioether (sulfide) groups is 2. The van der Waals surface area contributed by atoms with E-state index in [1.165, 1.54) is 30.4 Å². The molecule has 0 spiro atoms. The second-order valence-electron chi connectivity index (χ2n) is 6.95. The van der Waals surface area contributed by atoms with Crippen molar-refractivity contribution >= 4 is 35.1 Å². The smallest absolute Gasteiger partial charge is 0.205 e. The summed E-state index contributed by atoms with van der Waals surface area (Å²) in [6, 6.07) is 0. The minimum absolute atomic E-state index is 0.0485. The van der Waals surface area contributed by atoms with Gasteiger partial charge in [-0.15, -0.1) is 23.5 Å². The molecule has 2 aliphatic carbocycles. The Kier molecular flexibility index (Phi) is 5.59. The molecular weight excluding hydrogens is 404 g/mol. The molecule has 1 aromatic rings. The van der Waals surface area contributed by atoms with Crippen molar-refractivity contribution in [1.82, 2.24) is 0 Å². The average Bonchev–Trinajstić information content (AvgIpc) is 2.63. The number of benzene rings is 1. The number of carbonyl (C=O) groups is 2. The Labute approximate surface area is 170 Å². The highest BCUT2D eigenvalue weighted by Crippen LogP contribution is 2.51. The van der Waals surface area contributed by atoms with E-state index >= 15 is 0 Å². The standard InChI is InChI=1S/C19H22O7S2/c1-4-27-16-13(22)9-10(14(23)17(16)28-5-2)12(21)8-7(11(9)20)6-19(3,26)18(25)15(8)24/h15,18,20-21,24-26H,4-6H2,1-3H3. The molecule has 3 rings (SSSR count). The molecule has 0 aliphatic heterocycles. The van der Waals surface area contributed by atoms with E-state index in [1.807, 2.05) is 13.8 Å². The van der Waals surface area contributed by atoms with Gasteiger partial charge in [0.25, 0.3) is 0 Å². The van der Waals surface area contributed by atoms with Crippen molar-refractivity contribution < 1.29 is 35.1 Å². The quantitative estimate of drug-likeness (QED) is 0.457. The van der Waals surface area contributed by atoms with E-state index in [4.69, 9.17) is 0 Å². The maximum atomic E-state index is 13.1. The van der Waals surface area contributed by atoms with E-state index < -0.39 is 40.9 Å². The van der Waals surface area contributed by atoms with Crippen LogP contribution in [0.15, 0.2) is 9.81 Å². The van der Waals surface area contributed by atoms with Crippen LogP contribution in [0.2, 0.25) is 0 Å². The van der Waals surface area contributed by atoms with Crippen LogP contribution in [0.3, 0.4) is 0 Å². The SMILES string of the molecule is CCSC1=C(SCC)C(=O)c2c(O)c3c(c(O)c2C1=O)CC(C)(O)C(O)C3O. The lowest BCUT2D eigenvalue weighted by Gasteiger charge is -2.39. The fourth-order valence-corrected chi connectivity index (χ4v) is 5.52. The van der Waals surface area contributed by atoms with Crippen molar-refractivity contribution in [3.8, 4) is 11.5 Å². The van der Waals surface area contributed by atoms with E-state index in [1.54, 1.807) is 0 Å². The number of fused-ring (bicyclic) bond motifs is 2. The molecule has 0 heterocycles. The number of aromatic hydroxyl groups is 2. The molecule has 0 bridgehead atoms. The molecule has 0 saturated carbocycles. The number of hydrogen-bond acceptors (Lipinski definition) is 9. The number of hydrogen-bond donors (Lipinski definition) is 5. The van der Waals surface area contributed by atoms with Gasteiger partial charge in [0.2, 0.25) is 11.6 Å². The lowest BCUT2D eigenvalue weighted by Crippen LogP contribution is -2.48. The Balaban J connectivity index is 2.33. The summed E-state index contributed by atoms with van der Waals surface area (Å²) in [5, 5.41) is 52.6. The lowest BCUT2D eigenvalue weighted by atomic mass is 9.74. The molecular formula is C19H22O7S2. The minimum Gasteiger partial charge on any atom is -0.507 e. The Morgan fingerprint density at radius 1 is 0.964 bits per heavy atom. The van der Waals surface area contributed by atoms with E-state index in [0.29, 0.717) is 11.5 Å². The van der Waals surface area contributed by atoms with Gasteiger partial charge >= 0.3 is 0 Å². The van der Waals surface area contributed by atoms with Crippen molar-refractivity contribution in [2.75, 3.05) is 11.5 Å². The highest BCUT2D eigenvalue weighted by Gasteiger charge is 2.48. The van der Waals surface area contributed by atoms with E-state index in [0.717, 1.165) is 0 Å². The summed E-state index contributed by atoms with van der Waals surface area (Å²) >= 11 is 2.36. The predicted molar refractivity (Wildman–Crippen MR) is 107 cm³/mol. The molecule has 7 nitrogen and oxygen atoms in total. The van der Waals surface area contributed by atoms with Gasteiger partial charge in [0, 0.05) is 17.5 Å². The maximum absolute atomic E-state index is 13.1. The molecule has 9 heteroatoms. The van der Waals surface area contributed by atoms with Crippen LogP contribution in [0.1, 0.15) is 58.7 Å². The molecule has 1 aromatic carbocycles. The summed E-state index contributed by atoms with van der Waals surface area (Å²) in [4.78, 5) is 26.6. The van der Waals surface area contributed by atoms with Crippen LogP contribution >= 0.6 is 23.5 Å². The van der Waals surface area contributed by atoms with Gasteiger partial charge in [-0.05, 0) is 18.4 Å². The number of aliphatic hydroxyl groups is 3. The molecule has 152 valence electrons. The van der Waals surface area contributed by atoms with Gasteiger partial charge in [-0.1, -0.05) is 13.8 Å². The van der Waals surface area contributed by atoms with E-state index in [9.17, 15) is 35.1 Å². The Bertz CT molecular complexity index is 904. The third-order valence-corrected chi connectivity index (χ3v) is 7.07. The first-order valence-corrected chi connectivity index (χ1v) is 10.8. The van der Waals surface area contributed by atoms with Crippen molar-refractivity contribution in [2.45, 2.75) is 45.0 Å². The van der Waals surface area contributed by atoms with Crippen molar-refractivity contribution in [2.24, 2.45) is 0 Å². The molecule has 0 saturated heterocycles. The first-order chi connectivity index (χ1) is 13.1. The Morgan fingerprint density at radius 3 is 1.89 bits per heavy atom. The molecule has 0 aromatic heterocycles. The summed E-state index contributed by atoms with van der Waals surface area (Å²) in [7, 11) is 0. The molecule has 28 heavy (non-hydrogen) atoms. The van der Waals surface area contributed by atoms with Crippen LogP contribution in [0.5, 0.6) is 11.5 Å². The number of Topliss-reactive ketones (excluding diaryl/α,β-unsaturated/α-hetero) is 2. The zero-order valence-electron chi connectivity index (χ0n) is 15.6. The monoisotopic (exact) mass is 426 g/mol. The van der Waals surface area contributed by atoms with Gasteiger partial charge < -0.3 is 25.5 Å². The number of aliphatic hydroxyl groups excluding tert-OH is 2. The summed E-state index contributed by atoms with van der Waals surface area (Å²) in [5.41, 5.74) is -2.76. The lowest BCUT2D eigenvalue weighted by molar-refractivity contribution is -0.126. The summed E-state index contributed by atoms with van der Waals surface area (Å²) in [6.07, 6.45) is -3.66. The highest BCUT2D eigenvalue weighted by molar-refractivity contribution is 8.08. The molecule has 5 N–H and O–H groups in total. The van der Waals surface area contributed by atoms with Crippen LogP contribution in [-0.2, 0) is 6.42 Å². The Morgan fingerprint density at radius 2 is 1.43 bits per heavy atom. The van der Waals surface area contributed by atoms with Crippen LogP contribution < -0.4 is 0 Å². The normalized spacial score (nSPS) is 27.1. The van der Waals surface area contributed by atoms with Gasteiger partial charge in [-0.25, -0.2) is 0 Å². The minimum atomic E-state index is -1.79. The fraction of sp³-hybridized carbons (Fsp3) is 0.474. The highest BCUT2D eigenvalue weighted by atomic mass is 32.2. The van der Waals surface area contributed by atoms with Gasteiger partial charge in [0.1, 0.15) is 23.7 Å². The van der Waals surface area contributed by atoms with Gasteiger partial charge in [-0.3, -0.25) is 9.59 Å². The van der Waals surface area contributed by atoms with E-state index in [2.05, 4.69) is 0 Å². The number of ketones is 2. The fourth-order valence-electron chi connectivity index (χ4n) is 3.68. The van der Waals surface area contributed by atoms with Gasteiger partial charge in [0.05, 0.1) is 26.5 Å². The number of phenolic OH excluding ortho intramolecular Hbond substituents is 2. The van der Waals surface area contributed by atoms with Gasteiger partial charge in [-0.2, -0.15) is 0 Å². The number of rotatable bonds is 4. The van der Waals surface area contributed by atoms with Crippen LogP contribution in [0.25, 0.3) is 0 Å². The average molecular weight is 427 g/mol. The number of phenols is 2.